The van der Waals surface area contributed by atoms with Gasteiger partial charge in [0.25, 0.3) is 0 Å². The molecule has 2 aromatic heterocycles. The maximum atomic E-state index is 14.2. The highest BCUT2D eigenvalue weighted by Gasteiger charge is 2.19. The van der Waals surface area contributed by atoms with Crippen molar-refractivity contribution in [3.63, 3.8) is 0 Å². The van der Waals surface area contributed by atoms with E-state index in [2.05, 4.69) is 27.3 Å². The summed E-state index contributed by atoms with van der Waals surface area (Å²) in [4.78, 5) is 19.4. The number of aromatic nitrogens is 3. The zero-order valence-corrected chi connectivity index (χ0v) is 18.5. The number of hydrogen-bond donors (Lipinski definition) is 1. The first-order chi connectivity index (χ1) is 16.5. The lowest BCUT2D eigenvalue weighted by atomic mass is 10.0. The molecule has 1 aliphatic rings. The Morgan fingerprint density at radius 2 is 1.91 bits per heavy atom. The summed E-state index contributed by atoms with van der Waals surface area (Å²) in [6, 6.07) is 12.0. The fourth-order valence-corrected chi connectivity index (χ4v) is 4.06. The Morgan fingerprint density at radius 3 is 2.68 bits per heavy atom. The van der Waals surface area contributed by atoms with Crippen molar-refractivity contribution >= 4 is 22.6 Å². The van der Waals surface area contributed by atoms with Gasteiger partial charge in [0.15, 0.2) is 11.6 Å². The number of amides is 1. The molecule has 1 fully saturated rings. The molecule has 9 heteroatoms. The molecule has 0 saturated carbocycles. The van der Waals surface area contributed by atoms with Crippen LogP contribution in [-0.4, -0.2) is 51.9 Å². The first-order valence-corrected chi connectivity index (χ1v) is 11.0. The SMILES string of the molecule is CN1CCC(Oc2ccc(NC(=O)n3ncc4cc(-c5cccc(F)c5F)ccc43)cn2)CC1. The second-order valence-corrected chi connectivity index (χ2v) is 8.37. The largest absolute Gasteiger partial charge is 0.474 e. The van der Waals surface area contributed by atoms with Crippen LogP contribution in [0.3, 0.4) is 0 Å². The minimum Gasteiger partial charge on any atom is -0.474 e. The van der Waals surface area contributed by atoms with Gasteiger partial charge in [-0.25, -0.2) is 18.6 Å². The number of nitrogens with zero attached hydrogens (tertiary/aromatic N) is 4. The first kappa shape index (κ1) is 22.0. The third-order valence-corrected chi connectivity index (χ3v) is 5.96. The van der Waals surface area contributed by atoms with Gasteiger partial charge in [-0.3, -0.25) is 0 Å². The van der Waals surface area contributed by atoms with E-state index in [0.29, 0.717) is 28.0 Å². The highest BCUT2D eigenvalue weighted by atomic mass is 19.2. The van der Waals surface area contributed by atoms with E-state index in [1.54, 1.807) is 36.5 Å². The number of piperidine rings is 1. The molecule has 5 rings (SSSR count). The maximum Gasteiger partial charge on any atom is 0.347 e. The molecule has 1 saturated heterocycles. The Hall–Kier alpha value is -3.85. The summed E-state index contributed by atoms with van der Waals surface area (Å²) in [7, 11) is 2.10. The number of ether oxygens (including phenoxy) is 1. The van der Waals surface area contributed by atoms with Crippen LogP contribution in [-0.2, 0) is 0 Å². The Kier molecular flexibility index (Phi) is 5.93. The van der Waals surface area contributed by atoms with E-state index >= 15 is 0 Å². The quantitative estimate of drug-likeness (QED) is 0.465. The molecule has 3 heterocycles. The molecule has 0 spiro atoms. The summed E-state index contributed by atoms with van der Waals surface area (Å²) in [6.45, 7) is 1.99. The lowest BCUT2D eigenvalue weighted by Gasteiger charge is -2.28. The number of rotatable bonds is 4. The van der Waals surface area contributed by atoms with Crippen molar-refractivity contribution in [1.29, 1.82) is 0 Å². The molecular formula is C25H23F2N5O2. The number of pyridine rings is 1. The van der Waals surface area contributed by atoms with Gasteiger partial charge in [0.2, 0.25) is 5.88 Å². The monoisotopic (exact) mass is 463 g/mol. The van der Waals surface area contributed by atoms with Crippen molar-refractivity contribution < 1.29 is 18.3 Å². The lowest BCUT2D eigenvalue weighted by Crippen LogP contribution is -2.35. The molecule has 1 aliphatic heterocycles. The summed E-state index contributed by atoms with van der Waals surface area (Å²) < 4.78 is 34.9. The highest BCUT2D eigenvalue weighted by molar-refractivity contribution is 5.98. The highest BCUT2D eigenvalue weighted by Crippen LogP contribution is 2.28. The normalized spacial score (nSPS) is 14.9. The molecule has 0 bridgehead atoms. The average molecular weight is 463 g/mol. The zero-order chi connectivity index (χ0) is 23.7. The molecule has 2 aromatic carbocycles. The van der Waals surface area contributed by atoms with Crippen LogP contribution in [0, 0.1) is 11.6 Å². The number of carbonyl (C=O) groups is 1. The topological polar surface area (TPSA) is 72.3 Å². The van der Waals surface area contributed by atoms with Gasteiger partial charge >= 0.3 is 6.03 Å². The number of fused-ring (bicyclic) bond motifs is 1. The van der Waals surface area contributed by atoms with Crippen molar-refractivity contribution in [2.24, 2.45) is 0 Å². The molecule has 34 heavy (non-hydrogen) atoms. The minimum atomic E-state index is -0.914. The number of benzene rings is 2. The van der Waals surface area contributed by atoms with Crippen LogP contribution in [0.5, 0.6) is 5.88 Å². The summed E-state index contributed by atoms with van der Waals surface area (Å²) in [5, 5.41) is 7.54. The van der Waals surface area contributed by atoms with Crippen LogP contribution >= 0.6 is 0 Å². The molecule has 1 N–H and O–H groups in total. The van der Waals surface area contributed by atoms with E-state index < -0.39 is 17.7 Å². The lowest BCUT2D eigenvalue weighted by molar-refractivity contribution is 0.110. The predicted molar refractivity (Wildman–Crippen MR) is 125 cm³/mol. The van der Waals surface area contributed by atoms with Crippen molar-refractivity contribution in [1.82, 2.24) is 19.7 Å². The van der Waals surface area contributed by atoms with Crippen LogP contribution < -0.4 is 10.1 Å². The Labute approximate surface area is 195 Å². The molecule has 0 radical (unpaired) electrons. The number of likely N-dealkylation sites (tertiary alicyclic amines) is 1. The van der Waals surface area contributed by atoms with Gasteiger partial charge in [0.1, 0.15) is 6.10 Å². The average Bonchev–Trinajstić information content (AvgIpc) is 3.27. The molecule has 0 unspecified atom stereocenters. The number of carbonyl (C=O) groups excluding carboxylic acids is 1. The molecule has 7 nitrogen and oxygen atoms in total. The van der Waals surface area contributed by atoms with E-state index in [9.17, 15) is 13.6 Å². The van der Waals surface area contributed by atoms with Gasteiger partial charge in [0, 0.05) is 30.1 Å². The molecule has 0 atom stereocenters. The van der Waals surface area contributed by atoms with E-state index in [4.69, 9.17) is 4.74 Å². The van der Waals surface area contributed by atoms with Crippen LogP contribution in [0.1, 0.15) is 12.8 Å². The fourth-order valence-electron chi connectivity index (χ4n) is 4.06. The second-order valence-electron chi connectivity index (χ2n) is 8.37. The van der Waals surface area contributed by atoms with E-state index in [1.807, 2.05) is 0 Å². The summed E-state index contributed by atoms with van der Waals surface area (Å²) in [6.07, 6.45) is 5.10. The predicted octanol–water partition coefficient (Wildman–Crippen LogP) is 4.93. The summed E-state index contributed by atoms with van der Waals surface area (Å²) in [5.74, 6) is -1.30. The molecule has 4 aromatic rings. The third kappa shape index (κ3) is 4.47. The molecule has 1 amide bonds. The van der Waals surface area contributed by atoms with E-state index in [1.165, 1.54) is 23.0 Å². The van der Waals surface area contributed by atoms with Crippen LogP contribution in [0.4, 0.5) is 19.3 Å². The number of nitrogens with one attached hydrogen (secondary N) is 1. The molecule has 0 aliphatic carbocycles. The van der Waals surface area contributed by atoms with Crippen molar-refractivity contribution in [3.05, 3.63) is 72.6 Å². The van der Waals surface area contributed by atoms with Gasteiger partial charge in [-0.1, -0.05) is 18.2 Å². The fraction of sp³-hybridized carbons (Fsp3) is 0.240. The number of anilines is 1. The zero-order valence-electron chi connectivity index (χ0n) is 18.5. The number of halogens is 2. The number of hydrogen-bond acceptors (Lipinski definition) is 5. The summed E-state index contributed by atoms with van der Waals surface area (Å²) in [5.41, 5.74) is 1.68. The summed E-state index contributed by atoms with van der Waals surface area (Å²) >= 11 is 0. The minimum absolute atomic E-state index is 0.144. The first-order valence-electron chi connectivity index (χ1n) is 11.0. The second kappa shape index (κ2) is 9.18. The maximum absolute atomic E-state index is 14.2. The van der Waals surface area contributed by atoms with Crippen molar-refractivity contribution in [3.8, 4) is 17.0 Å². The Morgan fingerprint density at radius 1 is 1.09 bits per heavy atom. The Balaban J connectivity index is 1.28. The van der Waals surface area contributed by atoms with Crippen molar-refractivity contribution in [2.45, 2.75) is 18.9 Å². The third-order valence-electron chi connectivity index (χ3n) is 5.96. The molecular weight excluding hydrogens is 440 g/mol. The smallest absolute Gasteiger partial charge is 0.347 e. The molecule has 174 valence electrons. The van der Waals surface area contributed by atoms with Crippen LogP contribution in [0.15, 0.2) is 60.9 Å². The van der Waals surface area contributed by atoms with E-state index in [0.717, 1.165) is 32.0 Å². The van der Waals surface area contributed by atoms with Crippen molar-refractivity contribution in [2.75, 3.05) is 25.5 Å². The standard InChI is InChI=1S/C25H23F2N5O2/c1-31-11-9-19(10-12-31)34-23-8-6-18(15-28-23)30-25(33)32-22-7-5-16(13-17(22)14-29-32)20-3-2-4-21(26)24(20)27/h2-8,13-15,19H,9-12H2,1H3,(H,30,33). The van der Waals surface area contributed by atoms with Gasteiger partial charge < -0.3 is 15.0 Å². The van der Waals surface area contributed by atoms with Gasteiger partial charge in [-0.15, -0.1) is 0 Å². The van der Waals surface area contributed by atoms with E-state index in [-0.39, 0.29) is 11.7 Å². The van der Waals surface area contributed by atoms with Gasteiger partial charge in [-0.2, -0.15) is 9.78 Å². The van der Waals surface area contributed by atoms with Gasteiger partial charge in [-0.05, 0) is 49.7 Å². The van der Waals surface area contributed by atoms with Gasteiger partial charge in [0.05, 0.1) is 23.6 Å². The Bertz CT molecular complexity index is 1330. The van der Waals surface area contributed by atoms with Crippen LogP contribution in [0.2, 0.25) is 0 Å². The van der Waals surface area contributed by atoms with Crippen LogP contribution in [0.25, 0.3) is 22.0 Å².